The standard InChI is InChI=1S/C13H20ClNO/c1-13-6-4-8-15(13)12(16)9-11(10-13)5-2-3-7-14/h9H,2-8,10H2,1H3/t13-/m0/s1. The highest BCUT2D eigenvalue weighted by molar-refractivity contribution is 6.17. The third kappa shape index (κ3) is 2.27. The Morgan fingerprint density at radius 2 is 2.31 bits per heavy atom. The monoisotopic (exact) mass is 241 g/mol. The molecule has 90 valence electrons. The summed E-state index contributed by atoms with van der Waals surface area (Å²) in [5.74, 6) is 0.956. The maximum atomic E-state index is 11.9. The van der Waals surface area contributed by atoms with E-state index in [0.717, 1.165) is 50.9 Å². The number of fused-ring (bicyclic) bond motifs is 1. The van der Waals surface area contributed by atoms with Crippen LogP contribution in [0.15, 0.2) is 11.6 Å². The van der Waals surface area contributed by atoms with Gasteiger partial charge in [-0.05, 0) is 45.4 Å². The number of amides is 1. The first-order valence-corrected chi connectivity index (χ1v) is 6.76. The minimum atomic E-state index is 0.113. The van der Waals surface area contributed by atoms with Crippen molar-refractivity contribution in [3.63, 3.8) is 0 Å². The van der Waals surface area contributed by atoms with Crippen LogP contribution < -0.4 is 0 Å². The summed E-state index contributed by atoms with van der Waals surface area (Å²) in [7, 11) is 0. The predicted molar refractivity (Wildman–Crippen MR) is 66.6 cm³/mol. The van der Waals surface area contributed by atoms with Gasteiger partial charge in [0.2, 0.25) is 5.91 Å². The molecule has 1 fully saturated rings. The van der Waals surface area contributed by atoms with Crippen LogP contribution in [-0.2, 0) is 4.79 Å². The Hall–Kier alpha value is -0.500. The number of halogens is 1. The van der Waals surface area contributed by atoms with Gasteiger partial charge in [0.15, 0.2) is 0 Å². The van der Waals surface area contributed by atoms with Crippen LogP contribution in [0.25, 0.3) is 0 Å². The average Bonchev–Trinajstić information content (AvgIpc) is 2.60. The Bertz CT molecular complexity index is 313. The molecule has 0 N–H and O–H groups in total. The van der Waals surface area contributed by atoms with Gasteiger partial charge in [0.25, 0.3) is 0 Å². The Morgan fingerprint density at radius 3 is 3.06 bits per heavy atom. The van der Waals surface area contributed by atoms with Crippen molar-refractivity contribution in [2.45, 2.75) is 51.0 Å². The lowest BCUT2D eigenvalue weighted by Crippen LogP contribution is -2.47. The first-order chi connectivity index (χ1) is 7.65. The van der Waals surface area contributed by atoms with Crippen LogP contribution in [0.2, 0.25) is 0 Å². The SMILES string of the molecule is C[C@@]12CCCN1C(=O)C=C(CCCCCl)C2. The van der Waals surface area contributed by atoms with Gasteiger partial charge in [0.1, 0.15) is 0 Å². The van der Waals surface area contributed by atoms with Gasteiger partial charge >= 0.3 is 0 Å². The molecule has 0 aromatic rings. The van der Waals surface area contributed by atoms with Crippen LogP contribution in [0.5, 0.6) is 0 Å². The summed E-state index contributed by atoms with van der Waals surface area (Å²) in [4.78, 5) is 14.0. The van der Waals surface area contributed by atoms with Gasteiger partial charge in [-0.3, -0.25) is 4.79 Å². The van der Waals surface area contributed by atoms with Crippen LogP contribution in [-0.4, -0.2) is 28.8 Å². The highest BCUT2D eigenvalue weighted by Gasteiger charge is 2.41. The zero-order valence-corrected chi connectivity index (χ0v) is 10.7. The summed E-state index contributed by atoms with van der Waals surface area (Å²) in [6, 6.07) is 0. The Kier molecular flexibility index (Phi) is 3.58. The number of rotatable bonds is 4. The Labute approximate surface area is 103 Å². The largest absolute Gasteiger partial charge is 0.333 e. The van der Waals surface area contributed by atoms with Crippen LogP contribution in [0, 0.1) is 0 Å². The lowest BCUT2D eigenvalue weighted by Gasteiger charge is -2.39. The molecule has 2 nitrogen and oxygen atoms in total. The maximum absolute atomic E-state index is 11.9. The Balaban J connectivity index is 2.01. The fraction of sp³-hybridized carbons (Fsp3) is 0.769. The summed E-state index contributed by atoms with van der Waals surface area (Å²) in [6.45, 7) is 3.17. The summed E-state index contributed by atoms with van der Waals surface area (Å²) in [5.41, 5.74) is 1.44. The van der Waals surface area contributed by atoms with Crippen molar-refractivity contribution in [3.8, 4) is 0 Å². The fourth-order valence-corrected chi connectivity index (χ4v) is 3.17. The quantitative estimate of drug-likeness (QED) is 0.547. The molecule has 2 rings (SSSR count). The van der Waals surface area contributed by atoms with Crippen LogP contribution >= 0.6 is 11.6 Å². The molecule has 0 aromatic heterocycles. The number of unbranched alkanes of at least 4 members (excludes halogenated alkanes) is 1. The van der Waals surface area contributed by atoms with Crippen molar-refractivity contribution >= 4 is 17.5 Å². The zero-order valence-electron chi connectivity index (χ0n) is 9.97. The number of carbonyl (C=O) groups excluding carboxylic acids is 1. The molecule has 0 saturated carbocycles. The Morgan fingerprint density at radius 1 is 1.50 bits per heavy atom. The molecular weight excluding hydrogens is 222 g/mol. The lowest BCUT2D eigenvalue weighted by molar-refractivity contribution is -0.130. The van der Waals surface area contributed by atoms with Crippen LogP contribution in [0.4, 0.5) is 0 Å². The molecule has 2 aliphatic heterocycles. The molecule has 0 unspecified atom stereocenters. The van der Waals surface area contributed by atoms with E-state index >= 15 is 0 Å². The second-order valence-corrected chi connectivity index (χ2v) is 5.59. The van der Waals surface area contributed by atoms with E-state index < -0.39 is 0 Å². The van der Waals surface area contributed by atoms with E-state index in [1.807, 2.05) is 6.08 Å². The first-order valence-electron chi connectivity index (χ1n) is 6.23. The van der Waals surface area contributed by atoms with Gasteiger partial charge in [-0.25, -0.2) is 0 Å². The van der Waals surface area contributed by atoms with Gasteiger partial charge in [-0.2, -0.15) is 0 Å². The molecule has 2 aliphatic rings. The van der Waals surface area contributed by atoms with E-state index in [0.29, 0.717) is 0 Å². The van der Waals surface area contributed by atoms with Gasteiger partial charge in [-0.1, -0.05) is 5.57 Å². The van der Waals surface area contributed by atoms with Crippen molar-refractivity contribution < 1.29 is 4.79 Å². The minimum Gasteiger partial charge on any atom is -0.333 e. The maximum Gasteiger partial charge on any atom is 0.246 e. The molecule has 16 heavy (non-hydrogen) atoms. The van der Waals surface area contributed by atoms with Crippen LogP contribution in [0.3, 0.4) is 0 Å². The lowest BCUT2D eigenvalue weighted by atomic mass is 9.85. The number of hydrogen-bond donors (Lipinski definition) is 0. The van der Waals surface area contributed by atoms with E-state index in [4.69, 9.17) is 11.6 Å². The van der Waals surface area contributed by atoms with Gasteiger partial charge in [-0.15, -0.1) is 11.6 Å². The number of hydrogen-bond acceptors (Lipinski definition) is 1. The molecule has 3 heteroatoms. The highest BCUT2D eigenvalue weighted by atomic mass is 35.5. The molecule has 1 saturated heterocycles. The summed E-state index contributed by atoms with van der Waals surface area (Å²) in [6.07, 6.45) is 8.45. The molecule has 1 amide bonds. The van der Waals surface area contributed by atoms with Crippen molar-refractivity contribution in [1.82, 2.24) is 4.90 Å². The number of alkyl halides is 1. The molecular formula is C13H20ClNO. The summed E-state index contributed by atoms with van der Waals surface area (Å²) < 4.78 is 0. The molecule has 0 spiro atoms. The van der Waals surface area contributed by atoms with Crippen molar-refractivity contribution in [3.05, 3.63) is 11.6 Å². The topological polar surface area (TPSA) is 20.3 Å². The van der Waals surface area contributed by atoms with E-state index in [-0.39, 0.29) is 11.4 Å². The molecule has 0 aliphatic carbocycles. The summed E-state index contributed by atoms with van der Waals surface area (Å²) in [5, 5.41) is 0. The van der Waals surface area contributed by atoms with Crippen LogP contribution in [0.1, 0.15) is 45.4 Å². The van der Waals surface area contributed by atoms with Crippen molar-refractivity contribution in [2.75, 3.05) is 12.4 Å². The number of carbonyl (C=O) groups is 1. The summed E-state index contributed by atoms with van der Waals surface area (Å²) >= 11 is 5.67. The third-order valence-electron chi connectivity index (χ3n) is 3.83. The van der Waals surface area contributed by atoms with E-state index in [9.17, 15) is 4.79 Å². The van der Waals surface area contributed by atoms with Gasteiger partial charge < -0.3 is 4.90 Å². The van der Waals surface area contributed by atoms with E-state index in [1.165, 1.54) is 5.57 Å². The fourth-order valence-electron chi connectivity index (χ4n) is 2.98. The van der Waals surface area contributed by atoms with E-state index in [2.05, 4.69) is 11.8 Å². The molecule has 0 aromatic carbocycles. The minimum absolute atomic E-state index is 0.113. The van der Waals surface area contributed by atoms with Gasteiger partial charge in [0, 0.05) is 24.0 Å². The molecule has 0 radical (unpaired) electrons. The van der Waals surface area contributed by atoms with Gasteiger partial charge in [0.05, 0.1) is 0 Å². The molecule has 1 atom stereocenters. The average molecular weight is 242 g/mol. The normalized spacial score (nSPS) is 29.2. The molecule has 0 bridgehead atoms. The third-order valence-corrected chi connectivity index (χ3v) is 4.10. The predicted octanol–water partition coefficient (Wildman–Crippen LogP) is 3.11. The zero-order chi connectivity index (χ0) is 11.6. The number of nitrogens with zero attached hydrogens (tertiary/aromatic N) is 1. The second-order valence-electron chi connectivity index (χ2n) is 5.22. The van der Waals surface area contributed by atoms with Crippen molar-refractivity contribution in [2.24, 2.45) is 0 Å². The smallest absolute Gasteiger partial charge is 0.246 e. The first kappa shape index (κ1) is 12.0. The second kappa shape index (κ2) is 4.79. The van der Waals surface area contributed by atoms with Crippen molar-refractivity contribution in [1.29, 1.82) is 0 Å². The highest BCUT2D eigenvalue weighted by Crippen LogP contribution is 2.39. The van der Waals surface area contributed by atoms with E-state index in [1.54, 1.807) is 0 Å². The molecule has 2 heterocycles.